The van der Waals surface area contributed by atoms with Gasteiger partial charge in [0.25, 0.3) is 0 Å². The fourth-order valence-electron chi connectivity index (χ4n) is 1.77. The number of nitrogens with zero attached hydrogens (tertiary/aromatic N) is 2. The van der Waals surface area contributed by atoms with Gasteiger partial charge in [0.05, 0.1) is 10.6 Å². The molecule has 3 rings (SSSR count). The molecule has 4 nitrogen and oxygen atoms in total. The summed E-state index contributed by atoms with van der Waals surface area (Å²) in [5.41, 5.74) is 9.15. The van der Waals surface area contributed by atoms with Crippen LogP contribution in [0.5, 0.6) is 0 Å². The number of nitrogens with two attached hydrogens (primary N) is 1. The minimum Gasteiger partial charge on any atom is -0.390 e. The Bertz CT molecular complexity index is 613. The van der Waals surface area contributed by atoms with Gasteiger partial charge in [0, 0.05) is 10.9 Å². The molecule has 1 aromatic carbocycles. The van der Waals surface area contributed by atoms with Crippen LogP contribution in [-0.2, 0) is 0 Å². The maximum absolute atomic E-state index is 6.00. The second-order valence-corrected chi connectivity index (χ2v) is 4.50. The number of benzene rings is 1. The number of H-pyrrole nitrogens is 1. The van der Waals surface area contributed by atoms with Crippen LogP contribution >= 0.6 is 11.3 Å². The van der Waals surface area contributed by atoms with Crippen molar-refractivity contribution in [2.24, 2.45) is 0 Å². The monoisotopic (exact) mass is 242 g/mol. The van der Waals surface area contributed by atoms with Gasteiger partial charge in [-0.05, 0) is 5.56 Å². The van der Waals surface area contributed by atoms with Gasteiger partial charge in [0.2, 0.25) is 0 Å². The smallest absolute Gasteiger partial charge is 0.159 e. The Hall–Kier alpha value is -2.14. The van der Waals surface area contributed by atoms with Crippen LogP contribution in [0.1, 0.15) is 0 Å². The average molecular weight is 242 g/mol. The predicted octanol–water partition coefficient (Wildman–Crippen LogP) is 2.78. The molecule has 0 aliphatic heterocycles. The standard InChI is InChI=1S/C12H10N4S/c13-11-10(12-14-7-15-16-12)9(6-17-11)8-4-2-1-3-5-8/h1-7H,13H2,(H,14,15,16). The van der Waals surface area contributed by atoms with E-state index in [9.17, 15) is 0 Å². The Kier molecular flexibility index (Phi) is 2.38. The summed E-state index contributed by atoms with van der Waals surface area (Å²) in [6.45, 7) is 0. The molecular weight excluding hydrogens is 232 g/mol. The topological polar surface area (TPSA) is 67.6 Å². The first kappa shape index (κ1) is 10.0. The van der Waals surface area contributed by atoms with E-state index in [0.29, 0.717) is 5.82 Å². The second-order valence-electron chi connectivity index (χ2n) is 3.59. The fraction of sp³-hybridized carbons (Fsp3) is 0. The van der Waals surface area contributed by atoms with Gasteiger partial charge in [-0.2, -0.15) is 5.10 Å². The van der Waals surface area contributed by atoms with Gasteiger partial charge in [0.1, 0.15) is 6.33 Å². The summed E-state index contributed by atoms with van der Waals surface area (Å²) in [7, 11) is 0. The number of hydrogen-bond donors (Lipinski definition) is 2. The Balaban J connectivity index is 2.20. The first-order valence-electron chi connectivity index (χ1n) is 5.14. The van der Waals surface area contributed by atoms with Crippen LogP contribution in [0.4, 0.5) is 5.00 Å². The molecule has 0 bridgehead atoms. The van der Waals surface area contributed by atoms with Crippen LogP contribution < -0.4 is 5.73 Å². The molecule has 2 aromatic heterocycles. The van der Waals surface area contributed by atoms with Crippen molar-refractivity contribution in [3.05, 3.63) is 42.0 Å². The van der Waals surface area contributed by atoms with Gasteiger partial charge < -0.3 is 5.73 Å². The summed E-state index contributed by atoms with van der Waals surface area (Å²) in [4.78, 5) is 4.17. The van der Waals surface area contributed by atoms with Crippen LogP contribution in [-0.4, -0.2) is 15.2 Å². The minimum atomic E-state index is 0.711. The normalized spacial score (nSPS) is 10.6. The number of anilines is 1. The summed E-state index contributed by atoms with van der Waals surface area (Å²) >= 11 is 1.51. The van der Waals surface area contributed by atoms with E-state index in [1.165, 1.54) is 17.7 Å². The summed E-state index contributed by atoms with van der Waals surface area (Å²) in [5.74, 6) is 0.711. The Morgan fingerprint density at radius 1 is 1.18 bits per heavy atom. The van der Waals surface area contributed by atoms with E-state index in [4.69, 9.17) is 5.73 Å². The van der Waals surface area contributed by atoms with Gasteiger partial charge >= 0.3 is 0 Å². The second kappa shape index (κ2) is 4.03. The summed E-state index contributed by atoms with van der Waals surface area (Å²) in [5, 5.41) is 9.52. The Morgan fingerprint density at radius 2 is 2.00 bits per heavy atom. The van der Waals surface area contributed by atoms with E-state index in [1.54, 1.807) is 0 Å². The van der Waals surface area contributed by atoms with Gasteiger partial charge in [-0.1, -0.05) is 30.3 Å². The van der Waals surface area contributed by atoms with Gasteiger partial charge in [0.15, 0.2) is 5.82 Å². The Labute approximate surface area is 102 Å². The van der Waals surface area contributed by atoms with Crippen LogP contribution in [0.2, 0.25) is 0 Å². The van der Waals surface area contributed by atoms with E-state index in [2.05, 4.69) is 27.3 Å². The molecule has 0 radical (unpaired) electrons. The molecule has 0 aliphatic carbocycles. The minimum absolute atomic E-state index is 0.711. The van der Waals surface area contributed by atoms with E-state index in [1.807, 2.05) is 23.6 Å². The lowest BCUT2D eigenvalue weighted by atomic mass is 10.0. The van der Waals surface area contributed by atoms with E-state index < -0.39 is 0 Å². The summed E-state index contributed by atoms with van der Waals surface area (Å²) in [6.07, 6.45) is 1.49. The highest BCUT2D eigenvalue weighted by Gasteiger charge is 2.15. The summed E-state index contributed by atoms with van der Waals surface area (Å²) < 4.78 is 0. The molecular formula is C12H10N4S. The lowest BCUT2D eigenvalue weighted by Gasteiger charge is -2.02. The first-order valence-corrected chi connectivity index (χ1v) is 6.02. The molecule has 0 spiro atoms. The number of rotatable bonds is 2. The van der Waals surface area contributed by atoms with Crippen molar-refractivity contribution in [2.75, 3.05) is 5.73 Å². The van der Waals surface area contributed by atoms with Crippen molar-refractivity contribution in [1.82, 2.24) is 15.2 Å². The van der Waals surface area contributed by atoms with Gasteiger partial charge in [-0.15, -0.1) is 11.3 Å². The molecule has 0 aliphatic rings. The SMILES string of the molecule is Nc1scc(-c2ccccc2)c1-c1ncn[nH]1. The zero-order valence-electron chi connectivity index (χ0n) is 8.92. The molecule has 0 amide bonds. The van der Waals surface area contributed by atoms with Crippen molar-refractivity contribution >= 4 is 16.3 Å². The van der Waals surface area contributed by atoms with Crippen LogP contribution in [0.3, 0.4) is 0 Å². The third-order valence-electron chi connectivity index (χ3n) is 2.56. The highest BCUT2D eigenvalue weighted by Crippen LogP contribution is 2.39. The number of aromatic amines is 1. The number of nitrogen functional groups attached to an aromatic ring is 1. The third kappa shape index (κ3) is 1.70. The molecule has 17 heavy (non-hydrogen) atoms. The quantitative estimate of drug-likeness (QED) is 0.726. The maximum atomic E-state index is 6.00. The number of aromatic nitrogens is 3. The van der Waals surface area contributed by atoms with Crippen molar-refractivity contribution in [1.29, 1.82) is 0 Å². The maximum Gasteiger partial charge on any atom is 0.159 e. The molecule has 2 heterocycles. The molecule has 84 valence electrons. The number of nitrogens with one attached hydrogen (secondary N) is 1. The highest BCUT2D eigenvalue weighted by atomic mass is 32.1. The van der Waals surface area contributed by atoms with Crippen LogP contribution in [0.15, 0.2) is 42.0 Å². The van der Waals surface area contributed by atoms with Gasteiger partial charge in [-0.3, -0.25) is 5.10 Å². The lowest BCUT2D eigenvalue weighted by Crippen LogP contribution is -1.88. The van der Waals surface area contributed by atoms with E-state index in [0.717, 1.165) is 21.7 Å². The van der Waals surface area contributed by atoms with Crippen LogP contribution in [0, 0.1) is 0 Å². The molecule has 3 aromatic rings. The molecule has 0 atom stereocenters. The number of thiophene rings is 1. The fourth-order valence-corrected chi connectivity index (χ4v) is 2.60. The van der Waals surface area contributed by atoms with Crippen molar-refractivity contribution in [2.45, 2.75) is 0 Å². The van der Waals surface area contributed by atoms with Crippen molar-refractivity contribution in [3.8, 4) is 22.5 Å². The molecule has 0 saturated heterocycles. The van der Waals surface area contributed by atoms with Crippen molar-refractivity contribution in [3.63, 3.8) is 0 Å². The average Bonchev–Trinajstić information content (AvgIpc) is 2.99. The summed E-state index contributed by atoms with van der Waals surface area (Å²) in [6, 6.07) is 10.1. The lowest BCUT2D eigenvalue weighted by molar-refractivity contribution is 1.10. The molecule has 0 unspecified atom stereocenters. The van der Waals surface area contributed by atoms with Gasteiger partial charge in [-0.25, -0.2) is 4.98 Å². The van der Waals surface area contributed by atoms with E-state index in [-0.39, 0.29) is 0 Å². The molecule has 0 saturated carbocycles. The molecule has 0 fully saturated rings. The molecule has 5 heteroatoms. The predicted molar refractivity (Wildman–Crippen MR) is 69.5 cm³/mol. The largest absolute Gasteiger partial charge is 0.390 e. The third-order valence-corrected chi connectivity index (χ3v) is 3.37. The molecule has 3 N–H and O–H groups in total. The Morgan fingerprint density at radius 3 is 2.71 bits per heavy atom. The number of hydrogen-bond acceptors (Lipinski definition) is 4. The van der Waals surface area contributed by atoms with E-state index >= 15 is 0 Å². The van der Waals surface area contributed by atoms with Crippen LogP contribution in [0.25, 0.3) is 22.5 Å². The first-order chi connectivity index (χ1) is 8.36. The highest BCUT2D eigenvalue weighted by molar-refractivity contribution is 7.15. The van der Waals surface area contributed by atoms with Crippen molar-refractivity contribution < 1.29 is 0 Å². The zero-order chi connectivity index (χ0) is 11.7. The zero-order valence-corrected chi connectivity index (χ0v) is 9.74.